The second-order valence-electron chi connectivity index (χ2n) is 3.06. The zero-order valence-corrected chi connectivity index (χ0v) is 8.01. The lowest BCUT2D eigenvalue weighted by molar-refractivity contribution is 1.18. The highest BCUT2D eigenvalue weighted by molar-refractivity contribution is 5.61. The van der Waals surface area contributed by atoms with Crippen LogP contribution >= 0.6 is 0 Å². The van der Waals surface area contributed by atoms with E-state index in [1.807, 2.05) is 24.3 Å². The van der Waals surface area contributed by atoms with Gasteiger partial charge in [-0.05, 0) is 18.1 Å². The van der Waals surface area contributed by atoms with Gasteiger partial charge in [0, 0.05) is 11.3 Å². The van der Waals surface area contributed by atoms with Crippen LogP contribution in [-0.4, -0.2) is 9.97 Å². The standard InChI is InChI=1S/C12H9N3/c1-2-11-7-14-8-12(15-11)9-3-5-10(13)6-4-9/h1,3-8H,13H2. The highest BCUT2D eigenvalue weighted by Crippen LogP contribution is 2.17. The Morgan fingerprint density at radius 1 is 1.13 bits per heavy atom. The Balaban J connectivity index is 2.46. The largest absolute Gasteiger partial charge is 0.399 e. The van der Waals surface area contributed by atoms with Gasteiger partial charge >= 0.3 is 0 Å². The summed E-state index contributed by atoms with van der Waals surface area (Å²) in [5, 5.41) is 0. The molecule has 0 bridgehead atoms. The van der Waals surface area contributed by atoms with E-state index in [4.69, 9.17) is 12.2 Å². The fourth-order valence-corrected chi connectivity index (χ4v) is 1.23. The number of nitrogens with zero attached hydrogens (tertiary/aromatic N) is 2. The van der Waals surface area contributed by atoms with Crippen molar-refractivity contribution in [2.24, 2.45) is 0 Å². The lowest BCUT2D eigenvalue weighted by Crippen LogP contribution is -1.90. The molecule has 0 radical (unpaired) electrons. The monoisotopic (exact) mass is 195 g/mol. The van der Waals surface area contributed by atoms with E-state index in [1.54, 1.807) is 12.4 Å². The van der Waals surface area contributed by atoms with Crippen molar-refractivity contribution in [1.82, 2.24) is 9.97 Å². The number of aromatic nitrogens is 2. The molecule has 0 spiro atoms. The fourth-order valence-electron chi connectivity index (χ4n) is 1.23. The molecule has 0 aliphatic rings. The number of terminal acetylenes is 1. The van der Waals surface area contributed by atoms with E-state index >= 15 is 0 Å². The molecule has 0 fully saturated rings. The lowest BCUT2D eigenvalue weighted by atomic mass is 10.1. The van der Waals surface area contributed by atoms with Gasteiger partial charge in [0.15, 0.2) is 0 Å². The molecule has 2 aromatic rings. The summed E-state index contributed by atoms with van der Waals surface area (Å²) in [4.78, 5) is 8.27. The molecule has 0 saturated carbocycles. The third kappa shape index (κ3) is 1.94. The van der Waals surface area contributed by atoms with Crippen LogP contribution in [0.2, 0.25) is 0 Å². The Labute approximate surface area is 88.0 Å². The summed E-state index contributed by atoms with van der Waals surface area (Å²) in [6, 6.07) is 7.42. The van der Waals surface area contributed by atoms with Gasteiger partial charge in [0.25, 0.3) is 0 Å². The van der Waals surface area contributed by atoms with Crippen LogP contribution in [0.3, 0.4) is 0 Å². The van der Waals surface area contributed by atoms with Gasteiger partial charge in [0.1, 0.15) is 5.69 Å². The van der Waals surface area contributed by atoms with Crippen LogP contribution in [0.15, 0.2) is 36.7 Å². The molecule has 0 aliphatic carbocycles. The van der Waals surface area contributed by atoms with E-state index in [-0.39, 0.29) is 0 Å². The Morgan fingerprint density at radius 3 is 2.53 bits per heavy atom. The minimum atomic E-state index is 0.532. The van der Waals surface area contributed by atoms with Crippen LogP contribution in [-0.2, 0) is 0 Å². The zero-order valence-electron chi connectivity index (χ0n) is 8.01. The second kappa shape index (κ2) is 3.81. The summed E-state index contributed by atoms with van der Waals surface area (Å²) in [7, 11) is 0. The second-order valence-corrected chi connectivity index (χ2v) is 3.06. The summed E-state index contributed by atoms with van der Waals surface area (Å²) < 4.78 is 0. The molecule has 1 aromatic heterocycles. The van der Waals surface area contributed by atoms with Crippen LogP contribution in [0.4, 0.5) is 5.69 Å². The summed E-state index contributed by atoms with van der Waals surface area (Å²) in [5.74, 6) is 2.45. The number of hydrogen-bond acceptors (Lipinski definition) is 3. The first kappa shape index (κ1) is 9.22. The van der Waals surface area contributed by atoms with Gasteiger partial charge in [-0.15, -0.1) is 6.42 Å². The van der Waals surface area contributed by atoms with Crippen molar-refractivity contribution in [2.45, 2.75) is 0 Å². The van der Waals surface area contributed by atoms with Crippen LogP contribution in [0.1, 0.15) is 5.69 Å². The number of nitrogens with two attached hydrogens (primary N) is 1. The molecule has 1 aromatic carbocycles. The third-order valence-electron chi connectivity index (χ3n) is 1.99. The molecule has 72 valence electrons. The maximum atomic E-state index is 5.59. The highest BCUT2D eigenvalue weighted by atomic mass is 14.8. The van der Waals surface area contributed by atoms with E-state index < -0.39 is 0 Å². The minimum Gasteiger partial charge on any atom is -0.399 e. The van der Waals surface area contributed by atoms with Crippen LogP contribution < -0.4 is 5.73 Å². The smallest absolute Gasteiger partial charge is 0.131 e. The van der Waals surface area contributed by atoms with Gasteiger partial charge in [0.05, 0.1) is 18.1 Å². The normalized spacial score (nSPS) is 9.53. The Bertz CT molecular complexity index is 509. The average molecular weight is 195 g/mol. The van der Waals surface area contributed by atoms with Crippen molar-refractivity contribution in [2.75, 3.05) is 5.73 Å². The summed E-state index contributed by atoms with van der Waals surface area (Å²) in [6.07, 6.45) is 8.48. The highest BCUT2D eigenvalue weighted by Gasteiger charge is 1.99. The molecule has 0 amide bonds. The maximum absolute atomic E-state index is 5.59. The summed E-state index contributed by atoms with van der Waals surface area (Å²) in [6.45, 7) is 0. The topological polar surface area (TPSA) is 51.8 Å². The van der Waals surface area contributed by atoms with E-state index in [2.05, 4.69) is 15.9 Å². The quantitative estimate of drug-likeness (QED) is 0.556. The van der Waals surface area contributed by atoms with E-state index in [1.165, 1.54) is 0 Å². The summed E-state index contributed by atoms with van der Waals surface area (Å²) in [5.41, 5.74) is 8.55. The number of hydrogen-bond donors (Lipinski definition) is 1. The van der Waals surface area contributed by atoms with E-state index in [0.717, 1.165) is 16.9 Å². The first-order valence-corrected chi connectivity index (χ1v) is 4.44. The van der Waals surface area contributed by atoms with Gasteiger partial charge < -0.3 is 5.73 Å². The lowest BCUT2D eigenvalue weighted by Gasteiger charge is -2.00. The molecular formula is C12H9N3. The molecule has 3 heteroatoms. The van der Waals surface area contributed by atoms with Gasteiger partial charge in [0.2, 0.25) is 0 Å². The van der Waals surface area contributed by atoms with E-state index in [9.17, 15) is 0 Å². The van der Waals surface area contributed by atoms with Crippen LogP contribution in [0, 0.1) is 12.3 Å². The molecule has 0 aliphatic heterocycles. The molecule has 2 N–H and O–H groups in total. The van der Waals surface area contributed by atoms with Gasteiger partial charge in [-0.25, -0.2) is 4.98 Å². The molecule has 0 atom stereocenters. The first-order chi connectivity index (χ1) is 7.29. The molecule has 15 heavy (non-hydrogen) atoms. The number of rotatable bonds is 1. The minimum absolute atomic E-state index is 0.532. The Hall–Kier alpha value is -2.34. The predicted octanol–water partition coefficient (Wildman–Crippen LogP) is 1.71. The molecule has 3 nitrogen and oxygen atoms in total. The summed E-state index contributed by atoms with van der Waals surface area (Å²) >= 11 is 0. The SMILES string of the molecule is C#Cc1cncc(-c2ccc(N)cc2)n1. The maximum Gasteiger partial charge on any atom is 0.131 e. The molecule has 1 heterocycles. The zero-order chi connectivity index (χ0) is 10.7. The number of anilines is 1. The van der Waals surface area contributed by atoms with Crippen LogP contribution in [0.5, 0.6) is 0 Å². The third-order valence-corrected chi connectivity index (χ3v) is 1.99. The Kier molecular flexibility index (Phi) is 2.34. The van der Waals surface area contributed by atoms with Crippen molar-refractivity contribution >= 4 is 5.69 Å². The number of nitrogen functional groups attached to an aromatic ring is 1. The van der Waals surface area contributed by atoms with Crippen molar-refractivity contribution in [3.8, 4) is 23.6 Å². The average Bonchev–Trinajstić information content (AvgIpc) is 2.30. The van der Waals surface area contributed by atoms with Crippen molar-refractivity contribution in [3.63, 3.8) is 0 Å². The Morgan fingerprint density at radius 2 is 1.87 bits per heavy atom. The van der Waals surface area contributed by atoms with Crippen LogP contribution in [0.25, 0.3) is 11.3 Å². The van der Waals surface area contributed by atoms with Gasteiger partial charge in [-0.2, -0.15) is 0 Å². The first-order valence-electron chi connectivity index (χ1n) is 4.44. The van der Waals surface area contributed by atoms with Gasteiger partial charge in [-0.1, -0.05) is 12.1 Å². The molecule has 0 saturated heterocycles. The van der Waals surface area contributed by atoms with Crippen molar-refractivity contribution in [3.05, 3.63) is 42.4 Å². The van der Waals surface area contributed by atoms with Crippen molar-refractivity contribution < 1.29 is 0 Å². The van der Waals surface area contributed by atoms with Crippen molar-refractivity contribution in [1.29, 1.82) is 0 Å². The van der Waals surface area contributed by atoms with Gasteiger partial charge in [-0.3, -0.25) is 4.98 Å². The van der Waals surface area contributed by atoms with E-state index in [0.29, 0.717) is 5.69 Å². The number of benzene rings is 1. The molecule has 2 rings (SSSR count). The predicted molar refractivity (Wildman–Crippen MR) is 59.8 cm³/mol. The fraction of sp³-hybridized carbons (Fsp3) is 0. The molecular weight excluding hydrogens is 186 g/mol. The molecule has 0 unspecified atom stereocenters.